The molecule has 0 amide bonds. The summed E-state index contributed by atoms with van der Waals surface area (Å²) in [6.45, 7) is 8.10. The number of halogens is 1. The van der Waals surface area contributed by atoms with E-state index < -0.39 is 0 Å². The summed E-state index contributed by atoms with van der Waals surface area (Å²) in [5.74, 6) is 0. The van der Waals surface area contributed by atoms with E-state index in [0.29, 0.717) is 33.4 Å². The Balaban J connectivity index is -0.0000000528. The molecule has 0 atom stereocenters. The second-order valence-corrected chi connectivity index (χ2v) is 2.03. The van der Waals surface area contributed by atoms with Gasteiger partial charge in [-0.25, -0.2) is 0 Å². The van der Waals surface area contributed by atoms with Crippen LogP contribution in [-0.4, -0.2) is 19.6 Å². The number of nitrogens with two attached hydrogens (primary N) is 2. The molecule has 0 spiro atoms. The second kappa shape index (κ2) is 49.9. The quantitative estimate of drug-likeness (QED) is 0.774. The Kier molecular flexibility index (Phi) is 85.5. The fraction of sp³-hybridized carbons (Fsp3) is 1.00. The number of unbranched alkanes of at least 4 members (excludes halogenated alkanes) is 1. The van der Waals surface area contributed by atoms with Gasteiger partial charge in [-0.2, -0.15) is 0 Å². The summed E-state index contributed by atoms with van der Waals surface area (Å²) in [4.78, 5) is 0. The maximum absolute atomic E-state index is 9.47. The van der Waals surface area contributed by atoms with E-state index in [9.17, 15) is 3.16 Å². The molecule has 0 aromatic rings. The van der Waals surface area contributed by atoms with Gasteiger partial charge in [0.05, 0.1) is 0 Å². The van der Waals surface area contributed by atoms with E-state index in [0.717, 1.165) is 13.0 Å². The average molecular weight is 390 g/mol. The van der Waals surface area contributed by atoms with Crippen LogP contribution in [0.1, 0.15) is 40.0 Å². The Bertz CT molecular complexity index is 41.0. The van der Waals surface area contributed by atoms with Crippen LogP contribution < -0.4 is 11.5 Å². The smallest absolute Gasteiger partial charge is 0.00937 e. The Morgan fingerprint density at radius 3 is 1.43 bits per heavy atom. The van der Waals surface area contributed by atoms with Crippen LogP contribution in [0.5, 0.6) is 0 Å². The second-order valence-electron chi connectivity index (χ2n) is 2.03. The maximum atomic E-state index is 9.47. The minimum absolute atomic E-state index is 0.469. The number of nitrogens with one attached hydrogen (secondary N) is 1. The van der Waals surface area contributed by atoms with Crippen LogP contribution in [0.4, 0.5) is 3.16 Å². The zero-order valence-electron chi connectivity index (χ0n) is 9.59. The van der Waals surface area contributed by atoms with E-state index in [1.807, 2.05) is 13.8 Å². The largest absolute Gasteiger partial charge is 0.677 e. The van der Waals surface area contributed by atoms with Crippen LogP contribution in [0, 0.1) is 0 Å². The van der Waals surface area contributed by atoms with Crippen LogP contribution in [-0.2, 0) is 20.3 Å². The normalized spacial score (nSPS) is 6.93. The van der Waals surface area contributed by atoms with Crippen molar-refractivity contribution in [2.45, 2.75) is 40.0 Å². The van der Waals surface area contributed by atoms with Crippen LogP contribution in [0.3, 0.4) is 0 Å². The van der Waals surface area contributed by atoms with Gasteiger partial charge in [-0.3, -0.25) is 0 Å². The first-order valence-electron chi connectivity index (χ1n) is 5.00. The summed E-state index contributed by atoms with van der Waals surface area (Å²) in [5.41, 5.74) is 16.7. The molecular formula is C9H26FN3Pt. The Morgan fingerprint density at radius 2 is 1.43 bits per heavy atom. The molecule has 0 saturated carbocycles. The predicted octanol–water partition coefficient (Wildman–Crippen LogP) is 2.58. The van der Waals surface area contributed by atoms with Crippen molar-refractivity contribution < 1.29 is 23.5 Å². The molecule has 0 aliphatic heterocycles. The van der Waals surface area contributed by atoms with Crippen molar-refractivity contribution in [1.29, 1.82) is 0 Å². The van der Waals surface area contributed by atoms with Gasteiger partial charge in [-0.1, -0.05) is 33.6 Å². The molecule has 0 radical (unpaired) electrons. The number of hydrogen-bond acceptors (Lipinski definition) is 2. The van der Waals surface area contributed by atoms with Crippen molar-refractivity contribution in [2.24, 2.45) is 11.5 Å². The van der Waals surface area contributed by atoms with Gasteiger partial charge in [0.25, 0.3) is 0 Å². The molecule has 0 aromatic carbocycles. The molecule has 0 bridgehead atoms. The third-order valence-electron chi connectivity index (χ3n) is 0.939. The van der Waals surface area contributed by atoms with Gasteiger partial charge in [-0.15, -0.1) is 6.54 Å². The topological polar surface area (TPSA) is 75.8 Å². The van der Waals surface area contributed by atoms with Crippen molar-refractivity contribution in [3.05, 3.63) is 5.73 Å². The summed E-state index contributed by atoms with van der Waals surface area (Å²) in [6, 6.07) is 0. The van der Waals surface area contributed by atoms with Crippen molar-refractivity contribution in [3.63, 3.8) is 0 Å². The number of rotatable bonds is 4. The first kappa shape index (κ1) is 24.0. The van der Waals surface area contributed by atoms with E-state index in [1.165, 1.54) is 12.8 Å². The molecule has 0 unspecified atom stereocenters. The summed E-state index contributed by atoms with van der Waals surface area (Å²) in [7, 11) is 0. The van der Waals surface area contributed by atoms with Gasteiger partial charge >= 0.3 is 23.5 Å². The van der Waals surface area contributed by atoms with Gasteiger partial charge < -0.3 is 17.2 Å². The third kappa shape index (κ3) is 81.7. The average Bonchev–Trinajstić information content (AvgIpc) is 2.27. The summed E-state index contributed by atoms with van der Waals surface area (Å²) in [5, 5.41) is 0. The van der Waals surface area contributed by atoms with Gasteiger partial charge in [0, 0.05) is 0 Å². The molecule has 0 aliphatic rings. The summed E-state index contributed by atoms with van der Waals surface area (Å²) in [6.07, 6.45) is 3.22. The fourth-order valence-electron chi connectivity index (χ4n) is 0.306. The van der Waals surface area contributed by atoms with E-state index in [2.05, 4.69) is 6.92 Å². The maximum Gasteiger partial charge on any atom is -0.00937 e. The number of hydrogen-bond donors (Lipinski definition) is 2. The van der Waals surface area contributed by atoms with Gasteiger partial charge in [0.2, 0.25) is 0 Å². The summed E-state index contributed by atoms with van der Waals surface area (Å²) >= 11 is 0.639. The zero-order chi connectivity index (χ0) is 12.2. The minimum Gasteiger partial charge on any atom is -0.677 e. The monoisotopic (exact) mass is 390 g/mol. The summed E-state index contributed by atoms with van der Waals surface area (Å²) < 4.78 is 9.47. The molecule has 5 N–H and O–H groups in total. The molecule has 5 heteroatoms. The molecule has 0 fully saturated rings. The molecule has 0 aliphatic carbocycles. The fourth-order valence-corrected chi connectivity index (χ4v) is 0.306. The Morgan fingerprint density at radius 1 is 1.07 bits per heavy atom. The molecule has 0 saturated heterocycles. The van der Waals surface area contributed by atoms with E-state index in [-0.39, 0.29) is 0 Å². The van der Waals surface area contributed by atoms with Gasteiger partial charge in [0.15, 0.2) is 0 Å². The Labute approximate surface area is 101 Å². The Hall–Kier alpha value is 0.498. The van der Waals surface area contributed by atoms with Gasteiger partial charge in [0.1, 0.15) is 0 Å². The first-order valence-corrected chi connectivity index (χ1v) is 5.86. The van der Waals surface area contributed by atoms with Crippen LogP contribution >= 0.6 is 0 Å². The zero-order valence-corrected chi connectivity index (χ0v) is 11.9. The molecule has 94 valence electrons. The predicted molar refractivity (Wildman–Crippen MR) is 59.3 cm³/mol. The molecular weight excluding hydrogens is 364 g/mol. The van der Waals surface area contributed by atoms with Crippen molar-refractivity contribution in [2.75, 3.05) is 19.6 Å². The van der Waals surface area contributed by atoms with Gasteiger partial charge in [-0.05, 0) is 19.5 Å². The van der Waals surface area contributed by atoms with Crippen LogP contribution in [0.15, 0.2) is 0 Å². The standard InChI is InChI=1S/C4H11N.C3H9N2.C2H6.FH.Pt/c1-2-3-4-5;4-2-1-3-5;1-2;;/h2-5H2,1H3;4H,1-3,5H2;1-2H3;1H;/q;-1;;;+2/p-1. The van der Waals surface area contributed by atoms with Crippen molar-refractivity contribution in [3.8, 4) is 0 Å². The first-order chi connectivity index (χ1) is 6.83. The molecule has 0 aromatic heterocycles. The SMILES string of the molecule is CC.CCCCN.[F][Pt+].[NH-]CCCN. The van der Waals surface area contributed by atoms with Crippen LogP contribution in [0.2, 0.25) is 0 Å². The third-order valence-corrected chi connectivity index (χ3v) is 0.939. The van der Waals surface area contributed by atoms with E-state index >= 15 is 0 Å². The van der Waals surface area contributed by atoms with E-state index in [1.54, 1.807) is 0 Å². The molecule has 0 heterocycles. The van der Waals surface area contributed by atoms with Crippen molar-refractivity contribution >= 4 is 0 Å². The molecule has 3 nitrogen and oxygen atoms in total. The molecule has 0 rings (SSSR count). The van der Waals surface area contributed by atoms with Crippen molar-refractivity contribution in [1.82, 2.24) is 0 Å². The molecule has 14 heavy (non-hydrogen) atoms. The van der Waals surface area contributed by atoms with E-state index in [4.69, 9.17) is 17.2 Å². The van der Waals surface area contributed by atoms with Crippen LogP contribution in [0.25, 0.3) is 5.73 Å². The minimum atomic E-state index is 0.469.